The Morgan fingerprint density at radius 3 is 2.46 bits per heavy atom. The molecule has 2 rings (SSSR count). The molecule has 0 spiro atoms. The minimum Gasteiger partial charge on any atom is -0.480 e. The fourth-order valence-corrected chi connectivity index (χ4v) is 1.90. The van der Waals surface area contributed by atoms with Crippen LogP contribution in [0.2, 0.25) is 0 Å². The Hall–Kier alpha value is -2.64. The van der Waals surface area contributed by atoms with Crippen LogP contribution in [-0.2, 0) is 0 Å². The summed E-state index contributed by atoms with van der Waals surface area (Å²) in [6.45, 7) is 2.50. The minimum absolute atomic E-state index is 0.149. The second-order valence-electron chi connectivity index (χ2n) is 5.16. The van der Waals surface area contributed by atoms with E-state index in [4.69, 9.17) is 9.84 Å². The Kier molecular flexibility index (Phi) is 4.77. The Bertz CT molecular complexity index is 757. The SMILES string of the molecule is Cc1ccc(-c2cc(OC(C)C(F)(F)F)c(C(=O)O)cc2F)nc1. The Morgan fingerprint density at radius 1 is 1.29 bits per heavy atom. The van der Waals surface area contributed by atoms with E-state index in [2.05, 4.69) is 4.98 Å². The number of carbonyl (C=O) groups is 1. The molecular formula is C16H13F4NO3. The van der Waals surface area contributed by atoms with E-state index in [0.29, 0.717) is 6.07 Å². The lowest BCUT2D eigenvalue weighted by molar-refractivity contribution is -0.189. The highest BCUT2D eigenvalue weighted by Gasteiger charge is 2.38. The van der Waals surface area contributed by atoms with E-state index in [1.165, 1.54) is 12.3 Å². The molecule has 0 saturated carbocycles. The quantitative estimate of drug-likeness (QED) is 0.844. The van der Waals surface area contributed by atoms with Crippen LogP contribution in [0.25, 0.3) is 11.3 Å². The maximum atomic E-state index is 14.2. The monoisotopic (exact) mass is 343 g/mol. The van der Waals surface area contributed by atoms with E-state index in [1.54, 1.807) is 13.0 Å². The number of hydrogen-bond acceptors (Lipinski definition) is 3. The summed E-state index contributed by atoms with van der Waals surface area (Å²) in [5.74, 6) is -3.09. The van der Waals surface area contributed by atoms with Gasteiger partial charge >= 0.3 is 12.1 Å². The van der Waals surface area contributed by atoms with Crippen LogP contribution in [0, 0.1) is 12.7 Å². The zero-order chi connectivity index (χ0) is 18.1. The predicted molar refractivity (Wildman–Crippen MR) is 77.5 cm³/mol. The Morgan fingerprint density at radius 2 is 1.96 bits per heavy atom. The van der Waals surface area contributed by atoms with Crippen molar-refractivity contribution in [3.05, 3.63) is 47.4 Å². The van der Waals surface area contributed by atoms with Gasteiger partial charge in [0.05, 0.1) is 5.69 Å². The summed E-state index contributed by atoms with van der Waals surface area (Å²) in [5, 5.41) is 9.06. The number of hydrogen-bond donors (Lipinski definition) is 1. The van der Waals surface area contributed by atoms with Crippen LogP contribution in [0.1, 0.15) is 22.8 Å². The first-order valence-corrected chi connectivity index (χ1v) is 6.83. The van der Waals surface area contributed by atoms with Gasteiger partial charge in [-0.3, -0.25) is 4.98 Å². The summed E-state index contributed by atoms with van der Waals surface area (Å²) in [7, 11) is 0. The standard InChI is InChI=1S/C16H13F4NO3/c1-8-3-4-13(21-7-8)10-6-14(24-9(2)16(18,19)20)11(15(22)23)5-12(10)17/h3-7,9H,1-2H3,(H,22,23). The average Bonchev–Trinajstić information content (AvgIpc) is 2.48. The van der Waals surface area contributed by atoms with Gasteiger partial charge < -0.3 is 9.84 Å². The third-order valence-electron chi connectivity index (χ3n) is 3.25. The maximum Gasteiger partial charge on any atom is 0.425 e. The predicted octanol–water partition coefficient (Wildman–Crippen LogP) is 4.22. The maximum absolute atomic E-state index is 14.2. The third kappa shape index (κ3) is 3.81. The van der Waals surface area contributed by atoms with E-state index in [0.717, 1.165) is 18.6 Å². The molecule has 1 unspecified atom stereocenters. The van der Waals surface area contributed by atoms with Crippen molar-refractivity contribution < 1.29 is 32.2 Å². The van der Waals surface area contributed by atoms with Gasteiger partial charge in [-0.15, -0.1) is 0 Å². The van der Waals surface area contributed by atoms with Crippen LogP contribution in [-0.4, -0.2) is 28.3 Å². The van der Waals surface area contributed by atoms with E-state index in [1.807, 2.05) is 0 Å². The number of ether oxygens (including phenoxy) is 1. The molecule has 0 fully saturated rings. The summed E-state index contributed by atoms with van der Waals surface area (Å²) in [5.41, 5.74) is 0.117. The molecule has 1 aromatic carbocycles. The molecule has 0 amide bonds. The third-order valence-corrected chi connectivity index (χ3v) is 3.25. The number of nitrogens with zero attached hydrogens (tertiary/aromatic N) is 1. The molecule has 1 heterocycles. The van der Waals surface area contributed by atoms with Gasteiger partial charge in [0.1, 0.15) is 17.1 Å². The first-order valence-electron chi connectivity index (χ1n) is 6.83. The summed E-state index contributed by atoms with van der Waals surface area (Å²) in [6.07, 6.45) is -5.48. The van der Waals surface area contributed by atoms with Crippen molar-refractivity contribution >= 4 is 5.97 Å². The summed E-state index contributed by atoms with van der Waals surface area (Å²) >= 11 is 0. The number of halogens is 4. The Balaban J connectivity index is 2.53. The van der Waals surface area contributed by atoms with Crippen molar-refractivity contribution in [1.82, 2.24) is 4.98 Å². The molecule has 1 atom stereocenters. The smallest absolute Gasteiger partial charge is 0.425 e. The summed E-state index contributed by atoms with van der Waals surface area (Å²) in [6, 6.07) is 4.66. The number of rotatable bonds is 4. The highest BCUT2D eigenvalue weighted by molar-refractivity contribution is 5.92. The highest BCUT2D eigenvalue weighted by Crippen LogP contribution is 2.32. The number of carboxylic acids is 1. The topological polar surface area (TPSA) is 59.4 Å². The molecular weight excluding hydrogens is 330 g/mol. The molecule has 0 aliphatic heterocycles. The normalized spacial score (nSPS) is 12.8. The molecule has 128 valence electrons. The lowest BCUT2D eigenvalue weighted by Crippen LogP contribution is -2.31. The van der Waals surface area contributed by atoms with E-state index in [9.17, 15) is 22.4 Å². The molecule has 0 aliphatic rings. The number of aryl methyl sites for hydroxylation is 1. The first kappa shape index (κ1) is 17.7. The van der Waals surface area contributed by atoms with Crippen LogP contribution in [0.4, 0.5) is 17.6 Å². The number of aromatic carboxylic acids is 1. The number of alkyl halides is 3. The van der Waals surface area contributed by atoms with Gasteiger partial charge in [-0.2, -0.15) is 13.2 Å². The van der Waals surface area contributed by atoms with Gasteiger partial charge in [0.15, 0.2) is 6.10 Å². The lowest BCUT2D eigenvalue weighted by atomic mass is 10.1. The van der Waals surface area contributed by atoms with Crippen LogP contribution in [0.15, 0.2) is 30.5 Å². The molecule has 0 aliphatic carbocycles. The van der Waals surface area contributed by atoms with Crippen LogP contribution >= 0.6 is 0 Å². The summed E-state index contributed by atoms with van der Waals surface area (Å²) < 4.78 is 56.8. The lowest BCUT2D eigenvalue weighted by Gasteiger charge is -2.19. The number of aromatic nitrogens is 1. The van der Waals surface area contributed by atoms with Gasteiger partial charge in [-0.05, 0) is 37.6 Å². The molecule has 1 aromatic heterocycles. The number of carboxylic acid groups (broad SMARTS) is 1. The van der Waals surface area contributed by atoms with E-state index >= 15 is 0 Å². The van der Waals surface area contributed by atoms with Crippen molar-refractivity contribution in [1.29, 1.82) is 0 Å². The zero-order valence-corrected chi connectivity index (χ0v) is 12.7. The van der Waals surface area contributed by atoms with Gasteiger partial charge in [0.2, 0.25) is 0 Å². The number of benzene rings is 1. The van der Waals surface area contributed by atoms with Crippen molar-refractivity contribution in [2.45, 2.75) is 26.1 Å². The van der Waals surface area contributed by atoms with E-state index in [-0.39, 0.29) is 11.3 Å². The molecule has 0 saturated heterocycles. The molecule has 4 nitrogen and oxygen atoms in total. The van der Waals surface area contributed by atoms with Crippen molar-refractivity contribution in [2.75, 3.05) is 0 Å². The summed E-state index contributed by atoms with van der Waals surface area (Å²) in [4.78, 5) is 15.1. The highest BCUT2D eigenvalue weighted by atomic mass is 19.4. The van der Waals surface area contributed by atoms with Crippen molar-refractivity contribution in [3.63, 3.8) is 0 Å². The first-order chi connectivity index (χ1) is 11.1. The second kappa shape index (κ2) is 6.46. The Labute approximate surface area is 134 Å². The molecule has 24 heavy (non-hydrogen) atoms. The largest absolute Gasteiger partial charge is 0.480 e. The van der Waals surface area contributed by atoms with Crippen LogP contribution in [0.3, 0.4) is 0 Å². The van der Waals surface area contributed by atoms with Crippen molar-refractivity contribution in [3.8, 4) is 17.0 Å². The molecule has 1 N–H and O–H groups in total. The molecule has 8 heteroatoms. The second-order valence-corrected chi connectivity index (χ2v) is 5.16. The van der Waals surface area contributed by atoms with Gasteiger partial charge in [0.25, 0.3) is 0 Å². The van der Waals surface area contributed by atoms with Crippen LogP contribution < -0.4 is 4.74 Å². The minimum atomic E-state index is -4.69. The average molecular weight is 343 g/mol. The molecule has 2 aromatic rings. The van der Waals surface area contributed by atoms with Gasteiger partial charge in [-0.25, -0.2) is 9.18 Å². The molecule has 0 radical (unpaired) electrons. The fourth-order valence-electron chi connectivity index (χ4n) is 1.90. The zero-order valence-electron chi connectivity index (χ0n) is 12.7. The fraction of sp³-hybridized carbons (Fsp3) is 0.250. The number of pyridine rings is 1. The van der Waals surface area contributed by atoms with Crippen molar-refractivity contribution in [2.24, 2.45) is 0 Å². The molecule has 0 bridgehead atoms. The van der Waals surface area contributed by atoms with Crippen LogP contribution in [0.5, 0.6) is 5.75 Å². The van der Waals surface area contributed by atoms with Gasteiger partial charge in [-0.1, -0.05) is 6.07 Å². The van der Waals surface area contributed by atoms with E-state index < -0.39 is 35.4 Å². The van der Waals surface area contributed by atoms with Gasteiger partial charge in [0, 0.05) is 11.8 Å².